The van der Waals surface area contributed by atoms with Crippen molar-refractivity contribution in [3.05, 3.63) is 0 Å². The molecule has 0 aliphatic carbocycles. The van der Waals surface area contributed by atoms with Crippen LogP contribution in [0.2, 0.25) is 0 Å². The summed E-state index contributed by atoms with van der Waals surface area (Å²) in [6, 6.07) is 0. The van der Waals surface area contributed by atoms with E-state index in [9.17, 15) is 9.90 Å². The van der Waals surface area contributed by atoms with Gasteiger partial charge in [-0.15, -0.1) is 0 Å². The van der Waals surface area contributed by atoms with Gasteiger partial charge in [-0.05, 0) is 32.9 Å². The minimum absolute atomic E-state index is 0.0191. The minimum atomic E-state index is -0.737. The molecule has 0 unspecified atom stereocenters. The fourth-order valence-corrected chi connectivity index (χ4v) is 1.28. The molecule has 0 bridgehead atoms. The number of carbonyl (C=O) groups is 1. The molecule has 4 nitrogen and oxygen atoms in total. The maximum atomic E-state index is 11.3. The van der Waals surface area contributed by atoms with E-state index in [0.717, 1.165) is 13.0 Å². The summed E-state index contributed by atoms with van der Waals surface area (Å²) < 4.78 is 0. The first-order chi connectivity index (χ1) is 7.08. The molecule has 0 aromatic carbocycles. The fraction of sp³-hybridized carbons (Fsp3) is 0.909. The molecule has 0 spiro atoms. The molecule has 90 valence electrons. The van der Waals surface area contributed by atoms with E-state index in [1.807, 2.05) is 20.9 Å². The number of nitrogens with one attached hydrogen (secondary N) is 2. The lowest BCUT2D eigenvalue weighted by atomic mass is 9.97. The van der Waals surface area contributed by atoms with E-state index in [1.165, 1.54) is 0 Å². The summed E-state index contributed by atoms with van der Waals surface area (Å²) in [7, 11) is 1.87. The zero-order chi connectivity index (χ0) is 11.7. The topological polar surface area (TPSA) is 61.4 Å². The van der Waals surface area contributed by atoms with Crippen molar-refractivity contribution >= 4 is 5.91 Å². The zero-order valence-electron chi connectivity index (χ0n) is 10.1. The van der Waals surface area contributed by atoms with Crippen molar-refractivity contribution < 1.29 is 9.90 Å². The van der Waals surface area contributed by atoms with E-state index in [1.54, 1.807) is 0 Å². The Balaban J connectivity index is 3.69. The van der Waals surface area contributed by atoms with Gasteiger partial charge in [-0.2, -0.15) is 0 Å². The average Bonchev–Trinajstić information content (AvgIpc) is 2.26. The van der Waals surface area contributed by atoms with E-state index >= 15 is 0 Å². The lowest BCUT2D eigenvalue weighted by molar-refractivity contribution is -0.122. The van der Waals surface area contributed by atoms with Crippen LogP contribution in [0, 0.1) is 0 Å². The molecule has 0 aliphatic rings. The third-order valence-electron chi connectivity index (χ3n) is 2.76. The molecular formula is C11H24N2O2. The molecular weight excluding hydrogens is 192 g/mol. The van der Waals surface area contributed by atoms with Gasteiger partial charge in [0.1, 0.15) is 0 Å². The second-order valence-electron chi connectivity index (χ2n) is 3.92. The second-order valence-corrected chi connectivity index (χ2v) is 3.92. The van der Waals surface area contributed by atoms with Crippen molar-refractivity contribution in [2.45, 2.75) is 45.1 Å². The Morgan fingerprint density at radius 3 is 2.40 bits per heavy atom. The molecule has 0 aromatic heterocycles. The van der Waals surface area contributed by atoms with E-state index in [2.05, 4.69) is 10.6 Å². The molecule has 0 radical (unpaired) electrons. The summed E-state index contributed by atoms with van der Waals surface area (Å²) in [4.78, 5) is 11.3. The number of hydrogen-bond acceptors (Lipinski definition) is 3. The fourth-order valence-electron chi connectivity index (χ4n) is 1.28. The van der Waals surface area contributed by atoms with Crippen molar-refractivity contribution in [2.75, 3.05) is 20.1 Å². The highest BCUT2D eigenvalue weighted by Crippen LogP contribution is 2.12. The van der Waals surface area contributed by atoms with Crippen LogP contribution in [0.4, 0.5) is 0 Å². The first-order valence-corrected chi connectivity index (χ1v) is 5.71. The van der Waals surface area contributed by atoms with Gasteiger partial charge in [0.15, 0.2) is 0 Å². The van der Waals surface area contributed by atoms with E-state index < -0.39 is 5.60 Å². The Labute approximate surface area is 92.4 Å². The van der Waals surface area contributed by atoms with E-state index in [-0.39, 0.29) is 5.91 Å². The number of carbonyl (C=O) groups excluding carboxylic acids is 1. The van der Waals surface area contributed by atoms with Gasteiger partial charge in [-0.1, -0.05) is 13.8 Å². The minimum Gasteiger partial charge on any atom is -0.388 e. The van der Waals surface area contributed by atoms with Gasteiger partial charge in [-0.3, -0.25) is 4.79 Å². The van der Waals surface area contributed by atoms with Crippen LogP contribution < -0.4 is 10.6 Å². The molecule has 3 N–H and O–H groups in total. The smallest absolute Gasteiger partial charge is 0.220 e. The van der Waals surface area contributed by atoms with Crippen LogP contribution in [0.25, 0.3) is 0 Å². The number of amides is 1. The molecule has 0 saturated carbocycles. The Morgan fingerprint density at radius 1 is 1.33 bits per heavy atom. The first-order valence-electron chi connectivity index (χ1n) is 5.71. The van der Waals surface area contributed by atoms with Gasteiger partial charge in [0.25, 0.3) is 0 Å². The summed E-state index contributed by atoms with van der Waals surface area (Å²) in [5.74, 6) is 0.0191. The van der Waals surface area contributed by atoms with Crippen molar-refractivity contribution in [2.24, 2.45) is 0 Å². The predicted octanol–water partition coefficient (Wildman–Crippen LogP) is 0.653. The van der Waals surface area contributed by atoms with E-state index in [4.69, 9.17) is 0 Å². The van der Waals surface area contributed by atoms with Crippen LogP contribution in [-0.4, -0.2) is 36.8 Å². The van der Waals surface area contributed by atoms with Gasteiger partial charge in [0.2, 0.25) is 5.91 Å². The van der Waals surface area contributed by atoms with Crippen LogP contribution >= 0.6 is 0 Å². The molecule has 0 atom stereocenters. The molecule has 0 aliphatic heterocycles. The van der Waals surface area contributed by atoms with E-state index in [0.29, 0.717) is 25.8 Å². The third-order valence-corrected chi connectivity index (χ3v) is 2.76. The second kappa shape index (κ2) is 7.65. The summed E-state index contributed by atoms with van der Waals surface area (Å²) in [6.45, 7) is 5.06. The van der Waals surface area contributed by atoms with Crippen molar-refractivity contribution in [1.82, 2.24) is 10.6 Å². The van der Waals surface area contributed by atoms with Gasteiger partial charge < -0.3 is 15.7 Å². The summed E-state index contributed by atoms with van der Waals surface area (Å²) in [5, 5.41) is 15.7. The van der Waals surface area contributed by atoms with Crippen molar-refractivity contribution in [1.29, 1.82) is 0 Å². The number of hydrogen-bond donors (Lipinski definition) is 3. The molecule has 15 heavy (non-hydrogen) atoms. The molecule has 4 heteroatoms. The number of aliphatic hydroxyl groups is 1. The highest BCUT2D eigenvalue weighted by atomic mass is 16.3. The maximum absolute atomic E-state index is 11.3. The maximum Gasteiger partial charge on any atom is 0.220 e. The Bertz CT molecular complexity index is 179. The highest BCUT2D eigenvalue weighted by Gasteiger charge is 2.22. The predicted molar refractivity (Wildman–Crippen MR) is 61.7 cm³/mol. The third kappa shape index (κ3) is 6.47. The normalized spacial score (nSPS) is 11.5. The monoisotopic (exact) mass is 216 g/mol. The van der Waals surface area contributed by atoms with Crippen LogP contribution in [-0.2, 0) is 4.79 Å². The van der Waals surface area contributed by atoms with Crippen LogP contribution in [0.5, 0.6) is 0 Å². The van der Waals surface area contributed by atoms with Crippen LogP contribution in [0.3, 0.4) is 0 Å². The summed E-state index contributed by atoms with van der Waals surface area (Å²) in [5.41, 5.74) is -0.737. The van der Waals surface area contributed by atoms with Gasteiger partial charge in [0, 0.05) is 13.0 Å². The first kappa shape index (κ1) is 14.4. The van der Waals surface area contributed by atoms with Crippen molar-refractivity contribution in [3.8, 4) is 0 Å². The Morgan fingerprint density at radius 2 is 1.93 bits per heavy atom. The molecule has 0 heterocycles. The van der Waals surface area contributed by atoms with Gasteiger partial charge >= 0.3 is 0 Å². The quantitative estimate of drug-likeness (QED) is 0.522. The molecule has 1 amide bonds. The van der Waals surface area contributed by atoms with Crippen LogP contribution in [0.15, 0.2) is 0 Å². The Kier molecular flexibility index (Phi) is 7.34. The highest BCUT2D eigenvalue weighted by molar-refractivity contribution is 5.75. The standard InChI is InChI=1S/C11H24N2O2/c1-4-11(15,5-2)9-13-10(14)7-6-8-12-3/h12,15H,4-9H2,1-3H3,(H,13,14). The van der Waals surface area contributed by atoms with Crippen molar-refractivity contribution in [3.63, 3.8) is 0 Å². The SMILES string of the molecule is CCC(O)(CC)CNC(=O)CCCNC. The molecule has 0 rings (SSSR count). The Hall–Kier alpha value is -0.610. The molecule has 0 aromatic rings. The molecule has 0 fully saturated rings. The zero-order valence-corrected chi connectivity index (χ0v) is 10.1. The molecule has 0 saturated heterocycles. The average molecular weight is 216 g/mol. The lowest BCUT2D eigenvalue weighted by Crippen LogP contribution is -2.42. The van der Waals surface area contributed by atoms with Gasteiger partial charge in [-0.25, -0.2) is 0 Å². The lowest BCUT2D eigenvalue weighted by Gasteiger charge is -2.25. The largest absolute Gasteiger partial charge is 0.388 e. The summed E-state index contributed by atoms with van der Waals surface area (Å²) >= 11 is 0. The van der Waals surface area contributed by atoms with Gasteiger partial charge in [0.05, 0.1) is 5.60 Å². The summed E-state index contributed by atoms with van der Waals surface area (Å²) in [6.07, 6.45) is 2.68. The van der Waals surface area contributed by atoms with Crippen LogP contribution in [0.1, 0.15) is 39.5 Å². The number of rotatable bonds is 8.